The number of imidazole rings is 1. The number of nitrogens with zero attached hydrogens (tertiary/aromatic N) is 3. The maximum Gasteiger partial charge on any atom is 0.522 e. The molecule has 258 valence electrons. The molecule has 0 saturated carbocycles. The number of hydrogen-bond acceptors (Lipinski definition) is 6. The molecular formula is C35H39F5N4O4. The molecule has 0 aliphatic heterocycles. The molecule has 8 nitrogen and oxygen atoms in total. The minimum Gasteiger partial charge on any atom is -0.478 e. The lowest BCUT2D eigenvalue weighted by molar-refractivity contribution is -0.325. The van der Waals surface area contributed by atoms with E-state index in [-0.39, 0.29) is 54.1 Å². The summed E-state index contributed by atoms with van der Waals surface area (Å²) in [6, 6.07) is 18.2. The van der Waals surface area contributed by atoms with E-state index in [9.17, 15) is 27.5 Å². The average molecular weight is 675 g/mol. The number of carboxylic acids is 1. The van der Waals surface area contributed by atoms with E-state index < -0.39 is 30.6 Å². The van der Waals surface area contributed by atoms with Gasteiger partial charge in [0.15, 0.2) is 0 Å². The molecule has 0 fully saturated rings. The highest BCUT2D eigenvalue weighted by Crippen LogP contribution is 2.26. The molecule has 0 aliphatic rings. The summed E-state index contributed by atoms with van der Waals surface area (Å²) in [5, 5.41) is 9.35. The number of ether oxygens (including phenoxy) is 2. The fourth-order valence-electron chi connectivity index (χ4n) is 4.54. The molecule has 0 saturated heterocycles. The van der Waals surface area contributed by atoms with Crippen LogP contribution in [-0.4, -0.2) is 38.6 Å². The Morgan fingerprint density at radius 2 is 1.56 bits per heavy atom. The molecule has 0 aliphatic carbocycles. The molecule has 48 heavy (non-hydrogen) atoms. The quantitative estimate of drug-likeness (QED) is 0.142. The summed E-state index contributed by atoms with van der Waals surface area (Å²) in [6.07, 6.45) is -4.94. The smallest absolute Gasteiger partial charge is 0.478 e. The van der Waals surface area contributed by atoms with Crippen LogP contribution in [0, 0.1) is 18.6 Å². The lowest BCUT2D eigenvalue weighted by atomic mass is 10.1. The summed E-state index contributed by atoms with van der Waals surface area (Å²) >= 11 is 0. The van der Waals surface area contributed by atoms with Crippen LogP contribution in [0.1, 0.15) is 60.6 Å². The van der Waals surface area contributed by atoms with Crippen molar-refractivity contribution in [3.63, 3.8) is 0 Å². The summed E-state index contributed by atoms with van der Waals surface area (Å²) < 4.78 is 78.3. The summed E-state index contributed by atoms with van der Waals surface area (Å²) in [7, 11) is 0. The number of fused-ring (bicyclic) bond motifs is 1. The van der Waals surface area contributed by atoms with Crippen molar-refractivity contribution in [2.75, 3.05) is 6.61 Å². The van der Waals surface area contributed by atoms with Gasteiger partial charge < -0.3 is 20.6 Å². The number of halogens is 5. The first-order valence-electron chi connectivity index (χ1n) is 15.0. The minimum atomic E-state index is -4.85. The third kappa shape index (κ3) is 10.3. The molecule has 13 heteroatoms. The summed E-state index contributed by atoms with van der Waals surface area (Å²) in [6.45, 7) is 8.70. The topological polar surface area (TPSA) is 121 Å². The maximum atomic E-state index is 15.3. The molecule has 0 bridgehead atoms. The lowest BCUT2D eigenvalue weighted by Crippen LogP contribution is -2.18. The number of alkyl halides is 3. The van der Waals surface area contributed by atoms with E-state index in [1.165, 1.54) is 41.0 Å². The molecule has 5 aromatic rings. The second kappa shape index (κ2) is 17.9. The number of benzene rings is 3. The van der Waals surface area contributed by atoms with E-state index in [1.807, 2.05) is 27.7 Å². The molecule has 2 aromatic heterocycles. The van der Waals surface area contributed by atoms with Crippen molar-refractivity contribution in [3.05, 3.63) is 113 Å². The first-order chi connectivity index (χ1) is 22.5. The standard InChI is InChI=1S/C31H24F5N3O4.2C2H6.H3N/c1-18-5-6-22(23(32)13-18)17-42-29-4-2-3-25(38-29)20-8-7-19(24(33)14-20)16-28-37-26-10-9-21(30(40)41)15-27(26)39(28)11-12-43-31(34,35)36;2*1-2;/h2-10,13-15H,11-12,16-17H2,1H3,(H,40,41);2*1-2H3;1H3. The van der Waals surface area contributed by atoms with Crippen LogP contribution in [0.3, 0.4) is 0 Å². The number of pyridine rings is 1. The minimum absolute atomic E-state index is 0. The van der Waals surface area contributed by atoms with E-state index in [0.29, 0.717) is 22.3 Å². The van der Waals surface area contributed by atoms with Gasteiger partial charge in [0, 0.05) is 30.2 Å². The second-order valence-electron chi connectivity index (χ2n) is 9.71. The van der Waals surface area contributed by atoms with Crippen LogP contribution in [-0.2, 0) is 24.3 Å². The number of carbonyl (C=O) groups is 1. The number of aromatic carboxylic acids is 1. The van der Waals surface area contributed by atoms with E-state index in [4.69, 9.17) is 4.74 Å². The van der Waals surface area contributed by atoms with E-state index in [0.717, 1.165) is 5.56 Å². The third-order valence-electron chi connectivity index (χ3n) is 6.66. The highest BCUT2D eigenvalue weighted by Gasteiger charge is 2.29. The zero-order valence-electron chi connectivity index (χ0n) is 27.4. The summed E-state index contributed by atoms with van der Waals surface area (Å²) in [5.74, 6) is -1.76. The van der Waals surface area contributed by atoms with Gasteiger partial charge in [-0.3, -0.25) is 4.74 Å². The van der Waals surface area contributed by atoms with Crippen LogP contribution >= 0.6 is 0 Å². The summed E-state index contributed by atoms with van der Waals surface area (Å²) in [4.78, 5) is 20.3. The number of hydrogen-bond donors (Lipinski definition) is 2. The van der Waals surface area contributed by atoms with Gasteiger partial charge in [0.05, 0.1) is 28.9 Å². The monoisotopic (exact) mass is 674 g/mol. The van der Waals surface area contributed by atoms with Gasteiger partial charge in [-0.05, 0) is 54.4 Å². The zero-order chi connectivity index (χ0) is 34.7. The highest BCUT2D eigenvalue weighted by atomic mass is 19.4. The Kier molecular flexibility index (Phi) is 14.6. The van der Waals surface area contributed by atoms with Crippen molar-refractivity contribution in [3.8, 4) is 17.1 Å². The Labute approximate surface area is 275 Å². The van der Waals surface area contributed by atoms with Gasteiger partial charge in [-0.25, -0.2) is 23.5 Å². The van der Waals surface area contributed by atoms with Crippen LogP contribution in [0.2, 0.25) is 0 Å². The van der Waals surface area contributed by atoms with Crippen LogP contribution in [0.25, 0.3) is 22.3 Å². The van der Waals surface area contributed by atoms with Crippen molar-refractivity contribution in [2.45, 2.75) is 60.6 Å². The van der Waals surface area contributed by atoms with Gasteiger partial charge in [-0.2, -0.15) is 0 Å². The molecule has 0 radical (unpaired) electrons. The zero-order valence-corrected chi connectivity index (χ0v) is 27.4. The molecule has 3 aromatic carbocycles. The van der Waals surface area contributed by atoms with E-state index in [2.05, 4.69) is 14.7 Å². The van der Waals surface area contributed by atoms with Crippen LogP contribution in [0.5, 0.6) is 5.88 Å². The SMILES string of the molecule is CC.CC.Cc1ccc(COc2cccc(-c3ccc(Cc4nc5ccc(C(=O)O)cc5n4CCOC(F)(F)F)c(F)c3)n2)c(F)c1.N. The Hall–Kier alpha value is -4.88. The van der Waals surface area contributed by atoms with Crippen LogP contribution < -0.4 is 10.9 Å². The fourth-order valence-corrected chi connectivity index (χ4v) is 4.54. The predicted octanol–water partition coefficient (Wildman–Crippen LogP) is 9.30. The predicted molar refractivity (Wildman–Crippen MR) is 174 cm³/mol. The Bertz CT molecular complexity index is 1810. The molecule has 0 unspecified atom stereocenters. The first-order valence-corrected chi connectivity index (χ1v) is 15.0. The second-order valence-corrected chi connectivity index (χ2v) is 9.71. The molecule has 2 heterocycles. The number of rotatable bonds is 10. The van der Waals surface area contributed by atoms with E-state index in [1.54, 1.807) is 43.3 Å². The molecule has 4 N–H and O–H groups in total. The molecule has 0 spiro atoms. The Morgan fingerprint density at radius 1 is 0.875 bits per heavy atom. The van der Waals surface area contributed by atoms with E-state index >= 15 is 4.39 Å². The number of carboxylic acid groups (broad SMARTS) is 1. The van der Waals surface area contributed by atoms with Crippen molar-refractivity contribution in [2.24, 2.45) is 0 Å². The molecular weight excluding hydrogens is 635 g/mol. The van der Waals surface area contributed by atoms with Crippen LogP contribution in [0.15, 0.2) is 72.8 Å². The van der Waals surface area contributed by atoms with Gasteiger partial charge in [0.25, 0.3) is 0 Å². The lowest BCUT2D eigenvalue weighted by Gasteiger charge is -2.12. The highest BCUT2D eigenvalue weighted by molar-refractivity contribution is 5.92. The van der Waals surface area contributed by atoms with Crippen molar-refractivity contribution < 1.29 is 41.3 Å². The Morgan fingerprint density at radius 3 is 2.21 bits per heavy atom. The van der Waals surface area contributed by atoms with Crippen molar-refractivity contribution in [1.82, 2.24) is 20.7 Å². The van der Waals surface area contributed by atoms with Crippen molar-refractivity contribution in [1.29, 1.82) is 0 Å². The third-order valence-corrected chi connectivity index (χ3v) is 6.66. The molecule has 0 amide bonds. The fraction of sp³-hybridized carbons (Fsp3) is 0.286. The van der Waals surface area contributed by atoms with Gasteiger partial charge in [0.2, 0.25) is 5.88 Å². The van der Waals surface area contributed by atoms with Crippen LogP contribution in [0.4, 0.5) is 22.0 Å². The molecule has 5 rings (SSSR count). The van der Waals surface area contributed by atoms with Gasteiger partial charge in [-0.15, -0.1) is 13.2 Å². The molecule has 0 atom stereocenters. The maximum absolute atomic E-state index is 15.3. The Balaban J connectivity index is 0.00000154. The van der Waals surface area contributed by atoms with Gasteiger partial charge >= 0.3 is 12.3 Å². The van der Waals surface area contributed by atoms with Gasteiger partial charge in [0.1, 0.15) is 24.1 Å². The normalized spacial score (nSPS) is 10.7. The largest absolute Gasteiger partial charge is 0.522 e. The summed E-state index contributed by atoms with van der Waals surface area (Å²) in [5.41, 5.74) is 2.75. The average Bonchev–Trinajstić information content (AvgIpc) is 3.39. The van der Waals surface area contributed by atoms with Gasteiger partial charge in [-0.1, -0.05) is 58.0 Å². The first kappa shape index (κ1) is 39.3. The van der Waals surface area contributed by atoms with Crippen molar-refractivity contribution >= 4 is 17.0 Å². The number of aryl methyl sites for hydroxylation is 1. The number of aromatic nitrogens is 3.